The fourth-order valence-corrected chi connectivity index (χ4v) is 3.22. The van der Waals surface area contributed by atoms with Gasteiger partial charge in [-0.2, -0.15) is 0 Å². The van der Waals surface area contributed by atoms with Gasteiger partial charge in [-0.25, -0.2) is 4.98 Å². The van der Waals surface area contributed by atoms with Crippen molar-refractivity contribution in [3.63, 3.8) is 0 Å². The lowest BCUT2D eigenvalue weighted by atomic mass is 10.1. The summed E-state index contributed by atoms with van der Waals surface area (Å²) in [5.74, 6) is 1.94. The van der Waals surface area contributed by atoms with Crippen molar-refractivity contribution in [1.29, 1.82) is 0 Å². The summed E-state index contributed by atoms with van der Waals surface area (Å²) in [6.07, 6.45) is 2.31. The second-order valence-corrected chi connectivity index (χ2v) is 6.09. The third-order valence-electron chi connectivity index (χ3n) is 4.49. The molecule has 0 unspecified atom stereocenters. The van der Waals surface area contributed by atoms with Crippen molar-refractivity contribution in [2.24, 2.45) is 0 Å². The summed E-state index contributed by atoms with van der Waals surface area (Å²) in [5.41, 5.74) is 2.61. The van der Waals surface area contributed by atoms with Gasteiger partial charge in [-0.1, -0.05) is 18.2 Å². The minimum absolute atomic E-state index is 0.0962. The van der Waals surface area contributed by atoms with Gasteiger partial charge in [-0.3, -0.25) is 9.69 Å². The fourth-order valence-electron chi connectivity index (χ4n) is 3.22. The van der Waals surface area contributed by atoms with Crippen molar-refractivity contribution in [3.05, 3.63) is 69.8 Å². The highest BCUT2D eigenvalue weighted by atomic mass is 16.5. The SMILES string of the molecule is COc1ccccc1CN1CCc2nc(-c3ccco3)[nH]c(=O)c2C1. The predicted molar refractivity (Wildman–Crippen MR) is 93.4 cm³/mol. The number of rotatable bonds is 4. The van der Waals surface area contributed by atoms with E-state index in [0.29, 0.717) is 18.1 Å². The molecule has 0 aliphatic carbocycles. The van der Waals surface area contributed by atoms with Crippen molar-refractivity contribution in [3.8, 4) is 17.3 Å². The molecule has 6 heteroatoms. The number of furan rings is 1. The Morgan fingerprint density at radius 2 is 2.16 bits per heavy atom. The zero-order chi connectivity index (χ0) is 17.2. The first-order valence-corrected chi connectivity index (χ1v) is 8.25. The molecule has 1 aromatic carbocycles. The lowest BCUT2D eigenvalue weighted by Gasteiger charge is -2.28. The van der Waals surface area contributed by atoms with E-state index in [1.54, 1.807) is 25.5 Å². The Morgan fingerprint density at radius 1 is 1.28 bits per heavy atom. The maximum absolute atomic E-state index is 12.5. The van der Waals surface area contributed by atoms with E-state index >= 15 is 0 Å². The van der Waals surface area contributed by atoms with Gasteiger partial charge in [0, 0.05) is 31.6 Å². The Hall–Kier alpha value is -2.86. The Balaban J connectivity index is 1.58. The van der Waals surface area contributed by atoms with E-state index < -0.39 is 0 Å². The molecule has 0 amide bonds. The monoisotopic (exact) mass is 337 g/mol. The van der Waals surface area contributed by atoms with Gasteiger partial charge in [-0.05, 0) is 18.2 Å². The van der Waals surface area contributed by atoms with E-state index in [-0.39, 0.29) is 5.56 Å². The average Bonchev–Trinajstić information content (AvgIpc) is 3.17. The van der Waals surface area contributed by atoms with Crippen molar-refractivity contribution < 1.29 is 9.15 Å². The van der Waals surface area contributed by atoms with Gasteiger partial charge >= 0.3 is 0 Å². The van der Waals surface area contributed by atoms with Crippen LogP contribution in [0.5, 0.6) is 5.75 Å². The molecule has 128 valence electrons. The molecule has 1 aliphatic heterocycles. The largest absolute Gasteiger partial charge is 0.496 e. The van der Waals surface area contributed by atoms with Gasteiger partial charge in [0.25, 0.3) is 5.56 Å². The summed E-state index contributed by atoms with van der Waals surface area (Å²) < 4.78 is 10.8. The molecule has 0 atom stereocenters. The Morgan fingerprint density at radius 3 is 2.96 bits per heavy atom. The first kappa shape index (κ1) is 15.7. The molecule has 1 aliphatic rings. The van der Waals surface area contributed by atoms with Crippen LogP contribution >= 0.6 is 0 Å². The van der Waals surface area contributed by atoms with Crippen LogP contribution in [0.3, 0.4) is 0 Å². The molecule has 0 fully saturated rings. The van der Waals surface area contributed by atoms with Crippen molar-refractivity contribution in [2.75, 3.05) is 13.7 Å². The van der Waals surface area contributed by atoms with Crippen molar-refractivity contribution in [2.45, 2.75) is 19.5 Å². The molecular formula is C19H19N3O3. The smallest absolute Gasteiger partial charge is 0.256 e. The van der Waals surface area contributed by atoms with Gasteiger partial charge in [0.05, 0.1) is 24.6 Å². The quantitative estimate of drug-likeness (QED) is 0.792. The van der Waals surface area contributed by atoms with E-state index in [2.05, 4.69) is 20.9 Å². The number of fused-ring (bicyclic) bond motifs is 1. The summed E-state index contributed by atoms with van der Waals surface area (Å²) in [7, 11) is 1.68. The molecule has 0 radical (unpaired) electrons. The normalized spacial score (nSPS) is 14.3. The van der Waals surface area contributed by atoms with Crippen LogP contribution in [0, 0.1) is 0 Å². The second kappa shape index (κ2) is 6.57. The summed E-state index contributed by atoms with van der Waals surface area (Å²) in [6, 6.07) is 11.5. The van der Waals surface area contributed by atoms with Crippen LogP contribution in [0.25, 0.3) is 11.6 Å². The fraction of sp³-hybridized carbons (Fsp3) is 0.263. The molecule has 4 rings (SSSR count). The number of methoxy groups -OCH3 is 1. The minimum Gasteiger partial charge on any atom is -0.496 e. The molecule has 0 saturated carbocycles. The number of benzene rings is 1. The number of H-pyrrole nitrogens is 1. The lowest BCUT2D eigenvalue weighted by molar-refractivity contribution is 0.238. The molecule has 1 N–H and O–H groups in total. The number of aromatic amines is 1. The standard InChI is InChI=1S/C19H19N3O3/c1-24-16-6-3-2-5-13(16)11-22-9-8-15-14(12-22)19(23)21-18(20-15)17-7-4-10-25-17/h2-7,10H,8-9,11-12H2,1H3,(H,20,21,23). The number of ether oxygens (including phenoxy) is 1. The average molecular weight is 337 g/mol. The molecule has 0 spiro atoms. The summed E-state index contributed by atoms with van der Waals surface area (Å²) in [6.45, 7) is 2.16. The summed E-state index contributed by atoms with van der Waals surface area (Å²) in [5, 5.41) is 0. The van der Waals surface area contributed by atoms with Crippen LogP contribution in [0.2, 0.25) is 0 Å². The Bertz CT molecular complexity index is 931. The highest BCUT2D eigenvalue weighted by Gasteiger charge is 2.22. The van der Waals surface area contributed by atoms with Crippen LogP contribution in [0.1, 0.15) is 16.8 Å². The number of nitrogens with one attached hydrogen (secondary N) is 1. The molecule has 3 aromatic rings. The topological polar surface area (TPSA) is 71.4 Å². The van der Waals surface area contributed by atoms with Gasteiger partial charge < -0.3 is 14.1 Å². The van der Waals surface area contributed by atoms with Crippen LogP contribution in [-0.2, 0) is 19.5 Å². The minimum atomic E-state index is -0.0962. The third kappa shape index (κ3) is 3.08. The third-order valence-corrected chi connectivity index (χ3v) is 4.49. The summed E-state index contributed by atoms with van der Waals surface area (Å²) in [4.78, 5) is 22.2. The first-order valence-electron chi connectivity index (χ1n) is 8.25. The van der Waals surface area contributed by atoms with E-state index in [4.69, 9.17) is 9.15 Å². The lowest BCUT2D eigenvalue weighted by Crippen LogP contribution is -2.35. The zero-order valence-corrected chi connectivity index (χ0v) is 14.0. The predicted octanol–water partition coefficient (Wildman–Crippen LogP) is 2.60. The molecule has 25 heavy (non-hydrogen) atoms. The molecule has 0 bridgehead atoms. The van der Waals surface area contributed by atoms with Gasteiger partial charge in [0.1, 0.15) is 5.75 Å². The summed E-state index contributed by atoms with van der Waals surface area (Å²) >= 11 is 0. The first-order chi connectivity index (χ1) is 12.2. The number of hydrogen-bond acceptors (Lipinski definition) is 5. The van der Waals surface area contributed by atoms with Crippen LogP contribution in [-0.4, -0.2) is 28.5 Å². The second-order valence-electron chi connectivity index (χ2n) is 6.09. The van der Waals surface area contributed by atoms with Gasteiger partial charge in [0.2, 0.25) is 0 Å². The molecule has 6 nitrogen and oxygen atoms in total. The van der Waals surface area contributed by atoms with Crippen LogP contribution in [0.4, 0.5) is 0 Å². The van der Waals surface area contributed by atoms with E-state index in [1.807, 2.05) is 18.2 Å². The number of hydrogen-bond donors (Lipinski definition) is 1. The van der Waals surface area contributed by atoms with E-state index in [1.165, 1.54) is 0 Å². The molecule has 2 aromatic heterocycles. The van der Waals surface area contributed by atoms with Crippen LogP contribution < -0.4 is 10.3 Å². The Labute approximate surface area is 145 Å². The Kier molecular flexibility index (Phi) is 4.11. The maximum atomic E-state index is 12.5. The number of aromatic nitrogens is 2. The highest BCUT2D eigenvalue weighted by Crippen LogP contribution is 2.23. The molecule has 3 heterocycles. The maximum Gasteiger partial charge on any atom is 0.256 e. The van der Waals surface area contributed by atoms with Crippen molar-refractivity contribution in [1.82, 2.24) is 14.9 Å². The number of nitrogens with zero attached hydrogens (tertiary/aromatic N) is 2. The van der Waals surface area contributed by atoms with E-state index in [0.717, 1.165) is 42.1 Å². The van der Waals surface area contributed by atoms with Gasteiger partial charge in [0.15, 0.2) is 11.6 Å². The molecule has 0 saturated heterocycles. The number of para-hydroxylation sites is 1. The van der Waals surface area contributed by atoms with E-state index in [9.17, 15) is 4.79 Å². The molecular weight excluding hydrogens is 318 g/mol. The van der Waals surface area contributed by atoms with Gasteiger partial charge in [-0.15, -0.1) is 0 Å². The highest BCUT2D eigenvalue weighted by molar-refractivity contribution is 5.47. The van der Waals surface area contributed by atoms with Crippen molar-refractivity contribution >= 4 is 0 Å². The zero-order valence-electron chi connectivity index (χ0n) is 14.0. The van der Waals surface area contributed by atoms with Crippen LogP contribution in [0.15, 0.2) is 51.9 Å².